The molecule has 4 unspecified atom stereocenters. The van der Waals surface area contributed by atoms with Crippen molar-refractivity contribution in [2.75, 3.05) is 13.2 Å². The number of rotatable bonds is 10. The second kappa shape index (κ2) is 11.9. The highest BCUT2D eigenvalue weighted by molar-refractivity contribution is 7.78. The minimum Gasteiger partial charge on any atom is -0.463 e. The Morgan fingerprint density at radius 1 is 1.08 bits per heavy atom. The Balaban J connectivity index is 2.77. The van der Waals surface area contributed by atoms with Crippen LogP contribution in [-0.4, -0.2) is 61.1 Å². The lowest BCUT2D eigenvalue weighted by Crippen LogP contribution is -2.54. The number of ether oxygens (including phenoxy) is 5. The molecule has 1 aliphatic heterocycles. The summed E-state index contributed by atoms with van der Waals surface area (Å²) in [6, 6.07) is 0. The van der Waals surface area contributed by atoms with E-state index in [1.807, 2.05) is 0 Å². The van der Waals surface area contributed by atoms with Gasteiger partial charge in [-0.3, -0.25) is 14.4 Å². The number of unbranched alkanes of at least 4 members (excludes halogenated alkanes) is 2. The van der Waals surface area contributed by atoms with Gasteiger partial charge >= 0.3 is 17.9 Å². The second-order valence-electron chi connectivity index (χ2n) is 5.90. The summed E-state index contributed by atoms with van der Waals surface area (Å²) in [5.41, 5.74) is 0. The molecule has 1 fully saturated rings. The van der Waals surface area contributed by atoms with E-state index in [4.69, 9.17) is 35.9 Å². The van der Waals surface area contributed by atoms with Gasteiger partial charge in [-0.25, -0.2) is 0 Å². The van der Waals surface area contributed by atoms with Crippen LogP contribution < -0.4 is 0 Å². The van der Waals surface area contributed by atoms with E-state index in [0.29, 0.717) is 6.61 Å². The lowest BCUT2D eigenvalue weighted by atomic mass is 10.0. The summed E-state index contributed by atoms with van der Waals surface area (Å²) in [7, 11) is 0. The molecule has 1 heterocycles. The molecule has 1 rings (SSSR count). The van der Waals surface area contributed by atoms with Crippen LogP contribution in [0.2, 0.25) is 0 Å². The predicted molar refractivity (Wildman–Crippen MR) is 94.5 cm³/mol. The van der Waals surface area contributed by atoms with Crippen molar-refractivity contribution >= 4 is 35.5 Å². The molecule has 0 aromatic carbocycles. The average molecular weight is 390 g/mol. The molecule has 26 heavy (non-hydrogen) atoms. The normalized spacial score (nSPS) is 25.2. The smallest absolute Gasteiger partial charge is 0.303 e. The molecular weight excluding hydrogens is 364 g/mol. The SMILES string of the molecule is CC(=O)OCC1OC(OCCCCC=S)CC(OC(C)=O)C1OC(C)=O. The average Bonchev–Trinajstić information content (AvgIpc) is 2.54. The van der Waals surface area contributed by atoms with Crippen molar-refractivity contribution < 1.29 is 38.1 Å². The minimum absolute atomic E-state index is 0.143. The van der Waals surface area contributed by atoms with Gasteiger partial charge in [0.15, 0.2) is 12.4 Å². The molecule has 0 saturated carbocycles. The zero-order valence-electron chi connectivity index (χ0n) is 15.3. The van der Waals surface area contributed by atoms with Crippen LogP contribution in [0.15, 0.2) is 0 Å². The predicted octanol–water partition coefficient (Wildman–Crippen LogP) is 1.71. The largest absolute Gasteiger partial charge is 0.463 e. The maximum atomic E-state index is 11.4. The van der Waals surface area contributed by atoms with Gasteiger partial charge < -0.3 is 23.7 Å². The fourth-order valence-electron chi connectivity index (χ4n) is 2.55. The fourth-order valence-corrected chi connectivity index (χ4v) is 2.72. The summed E-state index contributed by atoms with van der Waals surface area (Å²) < 4.78 is 27.0. The number of hydrogen-bond donors (Lipinski definition) is 0. The highest BCUT2D eigenvalue weighted by Crippen LogP contribution is 2.27. The van der Waals surface area contributed by atoms with E-state index in [2.05, 4.69) is 0 Å². The van der Waals surface area contributed by atoms with Crippen molar-refractivity contribution in [3.05, 3.63) is 0 Å². The van der Waals surface area contributed by atoms with Gasteiger partial charge in [-0.15, -0.1) is 0 Å². The van der Waals surface area contributed by atoms with Crippen molar-refractivity contribution in [3.63, 3.8) is 0 Å². The number of carbonyl (C=O) groups excluding carboxylic acids is 3. The Morgan fingerprint density at radius 3 is 2.35 bits per heavy atom. The van der Waals surface area contributed by atoms with Crippen LogP contribution in [0.3, 0.4) is 0 Å². The van der Waals surface area contributed by atoms with Crippen LogP contribution in [-0.2, 0) is 38.1 Å². The topological polar surface area (TPSA) is 97.4 Å². The van der Waals surface area contributed by atoms with Gasteiger partial charge in [0.1, 0.15) is 18.8 Å². The summed E-state index contributed by atoms with van der Waals surface area (Å²) >= 11 is 4.77. The molecule has 148 valence electrons. The molecule has 1 aliphatic rings. The molecule has 0 radical (unpaired) electrons. The van der Waals surface area contributed by atoms with Crippen molar-refractivity contribution in [3.8, 4) is 0 Å². The first-order chi connectivity index (χ1) is 12.3. The fraction of sp³-hybridized carbons (Fsp3) is 0.765. The van der Waals surface area contributed by atoms with E-state index in [1.165, 1.54) is 20.8 Å². The van der Waals surface area contributed by atoms with Gasteiger partial charge in [0.25, 0.3) is 0 Å². The van der Waals surface area contributed by atoms with Gasteiger partial charge in [0, 0.05) is 33.8 Å². The molecule has 0 spiro atoms. The quantitative estimate of drug-likeness (QED) is 0.239. The van der Waals surface area contributed by atoms with Gasteiger partial charge in [0.2, 0.25) is 0 Å². The molecule has 0 N–H and O–H groups in total. The van der Waals surface area contributed by atoms with Crippen LogP contribution in [0.5, 0.6) is 0 Å². The Hall–Kier alpha value is -1.58. The molecule has 0 amide bonds. The van der Waals surface area contributed by atoms with Gasteiger partial charge in [-0.05, 0) is 24.6 Å². The first-order valence-electron chi connectivity index (χ1n) is 8.52. The summed E-state index contributed by atoms with van der Waals surface area (Å²) in [4.78, 5) is 33.9. The van der Waals surface area contributed by atoms with Gasteiger partial charge in [-0.1, -0.05) is 12.2 Å². The zero-order valence-corrected chi connectivity index (χ0v) is 16.1. The maximum Gasteiger partial charge on any atom is 0.303 e. The van der Waals surface area contributed by atoms with E-state index >= 15 is 0 Å². The van der Waals surface area contributed by atoms with E-state index < -0.39 is 42.5 Å². The summed E-state index contributed by atoms with van der Waals surface area (Å²) in [5.74, 6) is -1.56. The minimum atomic E-state index is -0.884. The van der Waals surface area contributed by atoms with Crippen molar-refractivity contribution in [1.29, 1.82) is 0 Å². The molecule has 0 aliphatic carbocycles. The summed E-state index contributed by atoms with van der Waals surface area (Å²) in [6.07, 6.45) is -0.372. The molecule has 1 saturated heterocycles. The maximum absolute atomic E-state index is 11.4. The number of thiocarbonyl (C=S) groups is 1. The molecule has 4 atom stereocenters. The number of hydrogen-bond acceptors (Lipinski definition) is 9. The first kappa shape index (κ1) is 22.5. The van der Waals surface area contributed by atoms with E-state index in [-0.39, 0.29) is 13.0 Å². The zero-order chi connectivity index (χ0) is 19.5. The van der Waals surface area contributed by atoms with Gasteiger partial charge in [0.05, 0.1) is 0 Å². The molecule has 9 heteroatoms. The van der Waals surface area contributed by atoms with E-state index in [1.54, 1.807) is 5.37 Å². The standard InChI is InChI=1S/C17H26O8S/c1-11(18)22-10-15-17(24-13(3)20)14(23-12(2)19)9-16(25-15)21-7-5-4-6-8-26/h8,14-17H,4-7,9-10H2,1-3H3. The summed E-state index contributed by atoms with van der Waals surface area (Å²) in [6.45, 7) is 4.07. The van der Waals surface area contributed by atoms with Crippen molar-refractivity contribution in [1.82, 2.24) is 0 Å². The second-order valence-corrected chi connectivity index (χ2v) is 6.23. The number of esters is 3. The molecule has 0 aromatic heterocycles. The highest BCUT2D eigenvalue weighted by atomic mass is 32.1. The molecule has 0 bridgehead atoms. The Morgan fingerprint density at radius 2 is 1.77 bits per heavy atom. The summed E-state index contributed by atoms with van der Waals surface area (Å²) in [5, 5.41) is 1.67. The van der Waals surface area contributed by atoms with Crippen LogP contribution in [0.25, 0.3) is 0 Å². The van der Waals surface area contributed by atoms with E-state index in [0.717, 1.165) is 19.3 Å². The Bertz CT molecular complexity index is 495. The monoisotopic (exact) mass is 390 g/mol. The first-order valence-corrected chi connectivity index (χ1v) is 8.99. The third kappa shape index (κ3) is 8.68. The molecular formula is C17H26O8S. The van der Waals surface area contributed by atoms with Crippen LogP contribution >= 0.6 is 12.2 Å². The third-order valence-electron chi connectivity index (χ3n) is 3.57. The molecule has 0 aromatic rings. The Labute approximate surface area is 158 Å². The van der Waals surface area contributed by atoms with E-state index in [9.17, 15) is 14.4 Å². The Kier molecular flexibility index (Phi) is 10.3. The van der Waals surface area contributed by atoms with Gasteiger partial charge in [-0.2, -0.15) is 0 Å². The lowest BCUT2D eigenvalue weighted by molar-refractivity contribution is -0.266. The lowest BCUT2D eigenvalue weighted by Gasteiger charge is -2.39. The van der Waals surface area contributed by atoms with Crippen LogP contribution in [0.4, 0.5) is 0 Å². The third-order valence-corrected chi connectivity index (χ3v) is 3.81. The number of carbonyl (C=O) groups is 3. The van der Waals surface area contributed by atoms with Crippen LogP contribution in [0, 0.1) is 0 Å². The molecule has 8 nitrogen and oxygen atoms in total. The van der Waals surface area contributed by atoms with Crippen molar-refractivity contribution in [2.45, 2.75) is 71.1 Å². The van der Waals surface area contributed by atoms with Crippen LogP contribution in [0.1, 0.15) is 46.5 Å². The highest BCUT2D eigenvalue weighted by Gasteiger charge is 2.44. The van der Waals surface area contributed by atoms with Crippen molar-refractivity contribution in [2.24, 2.45) is 0 Å².